The Morgan fingerprint density at radius 1 is 1.00 bits per heavy atom. The number of likely N-dealkylation sites (tertiary alicyclic amines) is 1. The maximum atomic E-state index is 12.9. The van der Waals surface area contributed by atoms with Gasteiger partial charge in [-0.3, -0.25) is 19.5 Å². The van der Waals surface area contributed by atoms with E-state index in [1.165, 1.54) is 6.07 Å². The summed E-state index contributed by atoms with van der Waals surface area (Å²) in [5.74, 6) is 0.279. The van der Waals surface area contributed by atoms with E-state index in [9.17, 15) is 27.9 Å². The molecule has 1 atom stereocenters. The zero-order valence-electron chi connectivity index (χ0n) is 23.9. The molecule has 44 heavy (non-hydrogen) atoms. The Bertz CT molecular complexity index is 1520. The van der Waals surface area contributed by atoms with Crippen molar-refractivity contribution < 1.29 is 37.3 Å². The van der Waals surface area contributed by atoms with Crippen molar-refractivity contribution in [1.29, 1.82) is 0 Å². The van der Waals surface area contributed by atoms with Crippen molar-refractivity contribution in [3.63, 3.8) is 0 Å². The number of carbonyl (C=O) groups is 2. The summed E-state index contributed by atoms with van der Waals surface area (Å²) in [6, 6.07) is 13.8. The number of rotatable bonds is 7. The molecule has 232 valence electrons. The zero-order chi connectivity index (χ0) is 30.9. The standard InChI is InChI=1S/C32H33F3N4O5/c33-32(34,35)23-3-1-2-21(14-23)30(41)37-17-29(40)38-24-10-13-39(18-24)25-8-11-31(42,12-9-25)28-7-5-22(16-36-28)20-4-6-26-27(15-20)44-19-43-26/h1-7,14-16,24-25,42H,8-13,17-19H2,(H,37,41)(H,38,40)/t24-,25?,31?/m1/s1. The molecule has 0 unspecified atom stereocenters. The second-order valence-electron chi connectivity index (χ2n) is 11.6. The number of nitrogens with zero attached hydrogens (tertiary/aromatic N) is 2. The molecule has 12 heteroatoms. The minimum atomic E-state index is -4.56. The van der Waals surface area contributed by atoms with Crippen LogP contribution in [0, 0.1) is 0 Å². The van der Waals surface area contributed by atoms with Gasteiger partial charge in [0.2, 0.25) is 12.7 Å². The maximum Gasteiger partial charge on any atom is 0.416 e. The number of hydrogen-bond acceptors (Lipinski definition) is 7. The first kappa shape index (κ1) is 29.9. The number of ether oxygens (including phenoxy) is 2. The van der Waals surface area contributed by atoms with Gasteiger partial charge in [-0.15, -0.1) is 0 Å². The van der Waals surface area contributed by atoms with Crippen molar-refractivity contribution in [2.24, 2.45) is 0 Å². The van der Waals surface area contributed by atoms with E-state index < -0.39 is 29.2 Å². The number of benzene rings is 2. The second kappa shape index (κ2) is 12.1. The van der Waals surface area contributed by atoms with E-state index in [1.54, 1.807) is 6.20 Å². The van der Waals surface area contributed by atoms with E-state index in [0.717, 1.165) is 60.9 Å². The molecular weight excluding hydrogens is 577 g/mol. The molecule has 2 amide bonds. The molecule has 1 aliphatic carbocycles. The lowest BCUT2D eigenvalue weighted by Crippen LogP contribution is -2.45. The zero-order valence-corrected chi connectivity index (χ0v) is 23.9. The van der Waals surface area contributed by atoms with Crippen LogP contribution in [0.4, 0.5) is 13.2 Å². The molecule has 3 N–H and O–H groups in total. The van der Waals surface area contributed by atoms with Crippen LogP contribution < -0.4 is 20.1 Å². The monoisotopic (exact) mass is 610 g/mol. The first-order valence-corrected chi connectivity index (χ1v) is 14.7. The smallest absolute Gasteiger partial charge is 0.416 e. The molecule has 0 bridgehead atoms. The van der Waals surface area contributed by atoms with E-state index in [2.05, 4.69) is 20.5 Å². The topological polar surface area (TPSA) is 113 Å². The molecule has 9 nitrogen and oxygen atoms in total. The van der Waals surface area contributed by atoms with Gasteiger partial charge in [-0.05, 0) is 74.1 Å². The Labute approximate surface area is 252 Å². The summed E-state index contributed by atoms with van der Waals surface area (Å²) in [5, 5.41) is 16.8. The summed E-state index contributed by atoms with van der Waals surface area (Å²) < 4.78 is 49.6. The number of aliphatic hydroxyl groups is 1. The van der Waals surface area contributed by atoms with Gasteiger partial charge in [0.05, 0.1) is 17.8 Å². The number of halogens is 3. The Morgan fingerprint density at radius 3 is 2.52 bits per heavy atom. The minimum Gasteiger partial charge on any atom is -0.454 e. The first-order valence-electron chi connectivity index (χ1n) is 14.7. The lowest BCUT2D eigenvalue weighted by atomic mass is 9.79. The maximum absolute atomic E-state index is 12.9. The van der Waals surface area contributed by atoms with Crippen molar-refractivity contribution in [3.05, 3.63) is 77.6 Å². The second-order valence-corrected chi connectivity index (χ2v) is 11.6. The number of fused-ring (bicyclic) bond motifs is 1. The number of pyridine rings is 1. The number of hydrogen-bond donors (Lipinski definition) is 3. The highest BCUT2D eigenvalue weighted by Crippen LogP contribution is 2.40. The predicted molar refractivity (Wildman–Crippen MR) is 154 cm³/mol. The lowest BCUT2D eigenvalue weighted by Gasteiger charge is -2.39. The van der Waals surface area contributed by atoms with Crippen LogP contribution in [0.1, 0.15) is 53.7 Å². The lowest BCUT2D eigenvalue weighted by molar-refractivity contribution is -0.137. The Hall–Kier alpha value is -4.16. The van der Waals surface area contributed by atoms with Gasteiger partial charge >= 0.3 is 6.18 Å². The van der Waals surface area contributed by atoms with Crippen molar-refractivity contribution >= 4 is 11.8 Å². The number of amides is 2. The van der Waals surface area contributed by atoms with E-state index in [4.69, 9.17) is 9.47 Å². The van der Waals surface area contributed by atoms with Gasteiger partial charge < -0.3 is 25.2 Å². The van der Waals surface area contributed by atoms with Gasteiger partial charge in [-0.25, -0.2) is 0 Å². The molecule has 2 aliphatic heterocycles. The summed E-state index contributed by atoms with van der Waals surface area (Å²) in [6.45, 7) is 1.33. The van der Waals surface area contributed by atoms with Crippen LogP contribution >= 0.6 is 0 Å². The summed E-state index contributed by atoms with van der Waals surface area (Å²) in [7, 11) is 0. The van der Waals surface area contributed by atoms with E-state index >= 15 is 0 Å². The van der Waals surface area contributed by atoms with Crippen LogP contribution in [-0.4, -0.2) is 65.3 Å². The number of alkyl halides is 3. The molecule has 6 rings (SSSR count). The summed E-state index contributed by atoms with van der Waals surface area (Å²) >= 11 is 0. The first-order chi connectivity index (χ1) is 21.1. The fourth-order valence-electron chi connectivity index (χ4n) is 6.23. The fourth-order valence-corrected chi connectivity index (χ4v) is 6.23. The number of aromatic nitrogens is 1. The molecule has 3 heterocycles. The molecule has 0 spiro atoms. The van der Waals surface area contributed by atoms with Crippen LogP contribution in [0.25, 0.3) is 11.1 Å². The third-order valence-electron chi connectivity index (χ3n) is 8.69. The molecule has 3 aliphatic rings. The van der Waals surface area contributed by atoms with Crippen LogP contribution in [-0.2, 0) is 16.6 Å². The number of carbonyl (C=O) groups excluding carboxylic acids is 2. The molecule has 1 saturated carbocycles. The van der Waals surface area contributed by atoms with Gasteiger partial charge in [-0.2, -0.15) is 13.2 Å². The highest BCUT2D eigenvalue weighted by molar-refractivity contribution is 5.96. The van der Waals surface area contributed by atoms with Crippen molar-refractivity contribution in [2.45, 2.75) is 56.0 Å². The average molecular weight is 611 g/mol. The van der Waals surface area contributed by atoms with Gasteiger partial charge in [-0.1, -0.05) is 18.2 Å². The van der Waals surface area contributed by atoms with Crippen LogP contribution in [0.2, 0.25) is 0 Å². The summed E-state index contributed by atoms with van der Waals surface area (Å²) in [5.41, 5.74) is 0.442. The highest BCUT2D eigenvalue weighted by atomic mass is 19.4. The quantitative estimate of drug-likeness (QED) is 0.367. The van der Waals surface area contributed by atoms with Gasteiger partial charge in [0, 0.05) is 42.5 Å². The van der Waals surface area contributed by atoms with Gasteiger partial charge in [0.25, 0.3) is 5.91 Å². The van der Waals surface area contributed by atoms with E-state index in [1.807, 2.05) is 30.3 Å². The Balaban J connectivity index is 0.958. The molecule has 3 aromatic rings. The average Bonchev–Trinajstić information content (AvgIpc) is 3.69. The predicted octanol–water partition coefficient (Wildman–Crippen LogP) is 4.25. The van der Waals surface area contributed by atoms with Gasteiger partial charge in [0.1, 0.15) is 5.60 Å². The highest BCUT2D eigenvalue weighted by Gasteiger charge is 2.39. The molecule has 0 radical (unpaired) electrons. The fraction of sp³-hybridized carbons (Fsp3) is 0.406. The third-order valence-corrected chi connectivity index (χ3v) is 8.69. The van der Waals surface area contributed by atoms with Gasteiger partial charge in [0.15, 0.2) is 11.5 Å². The number of nitrogens with one attached hydrogen (secondary N) is 2. The molecule has 1 aromatic heterocycles. The Morgan fingerprint density at radius 2 is 1.77 bits per heavy atom. The third kappa shape index (κ3) is 6.51. The van der Waals surface area contributed by atoms with E-state index in [-0.39, 0.29) is 31.0 Å². The largest absolute Gasteiger partial charge is 0.454 e. The Kier molecular flexibility index (Phi) is 8.21. The molecular formula is C32H33F3N4O5. The van der Waals surface area contributed by atoms with E-state index in [0.29, 0.717) is 30.8 Å². The van der Waals surface area contributed by atoms with Crippen molar-refractivity contribution in [3.8, 4) is 22.6 Å². The van der Waals surface area contributed by atoms with Crippen LogP contribution in [0.3, 0.4) is 0 Å². The molecule has 2 fully saturated rings. The summed E-state index contributed by atoms with van der Waals surface area (Å²) in [4.78, 5) is 31.7. The minimum absolute atomic E-state index is 0.0980. The normalized spacial score (nSPS) is 23.4. The molecule has 1 saturated heterocycles. The van der Waals surface area contributed by atoms with Crippen molar-refractivity contribution in [2.75, 3.05) is 26.4 Å². The van der Waals surface area contributed by atoms with Crippen LogP contribution in [0.5, 0.6) is 11.5 Å². The molecule has 2 aromatic carbocycles. The van der Waals surface area contributed by atoms with Crippen LogP contribution in [0.15, 0.2) is 60.8 Å². The summed E-state index contributed by atoms with van der Waals surface area (Å²) in [6.07, 6.45) is 0.679. The van der Waals surface area contributed by atoms with Crippen molar-refractivity contribution in [1.82, 2.24) is 20.5 Å². The SMILES string of the molecule is O=C(CNC(=O)c1cccc(C(F)(F)F)c1)N[C@@H]1CCN(C2CCC(O)(c3ccc(-c4ccc5c(c4)OCO5)cn3)CC2)C1.